The Labute approximate surface area is 239 Å². The van der Waals surface area contributed by atoms with Gasteiger partial charge in [-0.25, -0.2) is 4.79 Å². The molecule has 3 N–H and O–H groups in total. The number of anilines is 2. The fourth-order valence-corrected chi connectivity index (χ4v) is 5.55. The van der Waals surface area contributed by atoms with Crippen molar-refractivity contribution in [2.45, 2.75) is 57.0 Å². The molecular formula is C32H35N3O6. The Hall–Kier alpha value is -4.08. The monoisotopic (exact) mass is 557 g/mol. The van der Waals surface area contributed by atoms with E-state index in [4.69, 9.17) is 14.2 Å². The van der Waals surface area contributed by atoms with Crippen molar-refractivity contribution in [2.75, 3.05) is 29.9 Å². The number of aliphatic hydroxyl groups is 1. The first kappa shape index (κ1) is 27.1. The van der Waals surface area contributed by atoms with Crippen molar-refractivity contribution >= 4 is 23.4 Å². The third kappa shape index (κ3) is 5.73. The van der Waals surface area contributed by atoms with Gasteiger partial charge in [0.25, 0.3) is 5.91 Å². The number of rotatable bonds is 10. The van der Waals surface area contributed by atoms with E-state index in [2.05, 4.69) is 10.6 Å². The summed E-state index contributed by atoms with van der Waals surface area (Å²) in [6, 6.07) is 21.1. The highest BCUT2D eigenvalue weighted by Gasteiger charge is 2.45. The molecule has 0 saturated heterocycles. The van der Waals surface area contributed by atoms with Crippen molar-refractivity contribution in [3.05, 3.63) is 83.4 Å². The zero-order valence-corrected chi connectivity index (χ0v) is 23.3. The van der Waals surface area contributed by atoms with E-state index in [0.717, 1.165) is 29.7 Å². The predicted molar refractivity (Wildman–Crippen MR) is 154 cm³/mol. The summed E-state index contributed by atoms with van der Waals surface area (Å²) in [5.41, 5.74) is 3.04. The van der Waals surface area contributed by atoms with Gasteiger partial charge in [-0.2, -0.15) is 0 Å². The SMILES string of the molecule is CC1(C)OC(=O)N(CCC2(NCC(O)c3cc(OCc4ccccc4)cc4c3OCC(=O)N4)CC2)c2ccccc21. The topological polar surface area (TPSA) is 109 Å². The van der Waals surface area contributed by atoms with E-state index in [1.54, 1.807) is 17.0 Å². The van der Waals surface area contributed by atoms with Crippen molar-refractivity contribution in [2.24, 2.45) is 0 Å². The van der Waals surface area contributed by atoms with Gasteiger partial charge in [0, 0.05) is 35.8 Å². The molecular weight excluding hydrogens is 522 g/mol. The Kier molecular flexibility index (Phi) is 7.09. The zero-order valence-electron chi connectivity index (χ0n) is 23.3. The van der Waals surface area contributed by atoms with Crippen LogP contribution in [-0.2, 0) is 21.7 Å². The molecule has 41 heavy (non-hydrogen) atoms. The summed E-state index contributed by atoms with van der Waals surface area (Å²) in [5, 5.41) is 17.7. The standard InChI is InChI=1S/C32H35N3O6/c1-31(2)24-10-6-7-11-26(24)35(30(38)41-31)15-14-32(12-13-32)33-18-27(36)23-16-22(39-19-21-8-4-3-5-9-21)17-25-29(23)40-20-28(37)34-25/h3-11,16-17,27,33,36H,12-15,18-20H2,1-2H3,(H,34,37). The summed E-state index contributed by atoms with van der Waals surface area (Å²) in [5.74, 6) is 0.722. The summed E-state index contributed by atoms with van der Waals surface area (Å²) < 4.78 is 17.5. The molecule has 3 aliphatic rings. The van der Waals surface area contributed by atoms with E-state index in [-0.39, 0.29) is 30.7 Å². The number of nitrogens with zero attached hydrogens (tertiary/aromatic N) is 1. The largest absolute Gasteiger partial charge is 0.489 e. The van der Waals surface area contributed by atoms with Crippen molar-refractivity contribution in [3.8, 4) is 11.5 Å². The average molecular weight is 558 g/mol. The minimum absolute atomic E-state index is 0.113. The molecule has 9 nitrogen and oxygen atoms in total. The number of carbonyl (C=O) groups excluding carboxylic acids is 2. The number of amides is 2. The van der Waals surface area contributed by atoms with E-state index >= 15 is 0 Å². The van der Waals surface area contributed by atoms with Crippen LogP contribution in [0, 0.1) is 0 Å². The average Bonchev–Trinajstić information content (AvgIpc) is 3.74. The van der Waals surface area contributed by atoms with Gasteiger partial charge >= 0.3 is 6.09 Å². The molecule has 0 aromatic heterocycles. The van der Waals surface area contributed by atoms with Gasteiger partial charge in [0.1, 0.15) is 23.7 Å². The second kappa shape index (κ2) is 10.7. The number of hydrogen-bond acceptors (Lipinski definition) is 7. The number of fused-ring (bicyclic) bond motifs is 2. The molecule has 3 aromatic carbocycles. The van der Waals surface area contributed by atoms with Crippen LogP contribution in [-0.4, -0.2) is 42.3 Å². The van der Waals surface area contributed by atoms with Crippen LogP contribution in [0.5, 0.6) is 11.5 Å². The fourth-order valence-electron chi connectivity index (χ4n) is 5.55. The molecule has 0 spiro atoms. The van der Waals surface area contributed by atoms with Crippen LogP contribution in [0.3, 0.4) is 0 Å². The first-order chi connectivity index (χ1) is 19.7. The van der Waals surface area contributed by atoms with Crippen LogP contribution in [0.4, 0.5) is 16.2 Å². The summed E-state index contributed by atoms with van der Waals surface area (Å²) in [7, 11) is 0. The van der Waals surface area contributed by atoms with Gasteiger partial charge in [-0.15, -0.1) is 0 Å². The van der Waals surface area contributed by atoms with Crippen molar-refractivity contribution in [1.82, 2.24) is 5.32 Å². The number of carbonyl (C=O) groups is 2. The number of cyclic esters (lactones) is 1. The molecule has 1 atom stereocenters. The van der Waals surface area contributed by atoms with Gasteiger partial charge in [-0.3, -0.25) is 9.69 Å². The minimum atomic E-state index is -0.905. The van der Waals surface area contributed by atoms with Crippen LogP contribution in [0.25, 0.3) is 0 Å². The molecule has 214 valence electrons. The van der Waals surface area contributed by atoms with Gasteiger partial charge in [0.2, 0.25) is 0 Å². The number of β-amino-alcohol motifs (C(OH)–C–C–N with tert-alkyl or cyclic N) is 1. The Morgan fingerprint density at radius 2 is 1.83 bits per heavy atom. The molecule has 6 rings (SSSR count). The molecule has 1 aliphatic carbocycles. The van der Waals surface area contributed by atoms with E-state index in [1.165, 1.54) is 0 Å². The molecule has 2 amide bonds. The normalized spacial score (nSPS) is 18.8. The van der Waals surface area contributed by atoms with Gasteiger partial charge in [0.05, 0.1) is 17.5 Å². The number of nitrogens with one attached hydrogen (secondary N) is 2. The smallest absolute Gasteiger partial charge is 0.415 e. The summed E-state index contributed by atoms with van der Waals surface area (Å²) in [6.07, 6.45) is 1.36. The first-order valence-corrected chi connectivity index (χ1v) is 14.0. The fraction of sp³-hybridized carbons (Fsp3) is 0.375. The van der Waals surface area contributed by atoms with E-state index in [0.29, 0.717) is 42.3 Å². The van der Waals surface area contributed by atoms with Crippen LogP contribution in [0.2, 0.25) is 0 Å². The number of para-hydroxylation sites is 1. The zero-order chi connectivity index (χ0) is 28.6. The molecule has 0 bridgehead atoms. The summed E-state index contributed by atoms with van der Waals surface area (Å²) in [4.78, 5) is 26.6. The number of aliphatic hydroxyl groups excluding tert-OH is 1. The lowest BCUT2D eigenvalue weighted by molar-refractivity contribution is -0.118. The molecule has 1 fully saturated rings. The van der Waals surface area contributed by atoms with Crippen LogP contribution in [0.1, 0.15) is 55.9 Å². The van der Waals surface area contributed by atoms with E-state index in [9.17, 15) is 14.7 Å². The quantitative estimate of drug-likeness (QED) is 0.321. The number of benzene rings is 3. The second-order valence-electron chi connectivity index (χ2n) is 11.5. The minimum Gasteiger partial charge on any atom is -0.489 e. The Morgan fingerprint density at radius 3 is 2.61 bits per heavy atom. The molecule has 1 unspecified atom stereocenters. The lowest BCUT2D eigenvalue weighted by Crippen LogP contribution is -2.46. The second-order valence-corrected chi connectivity index (χ2v) is 11.5. The maximum absolute atomic E-state index is 12.9. The van der Waals surface area contributed by atoms with Crippen molar-refractivity contribution < 1.29 is 28.9 Å². The molecule has 3 aromatic rings. The van der Waals surface area contributed by atoms with E-state index in [1.807, 2.05) is 68.4 Å². The van der Waals surface area contributed by atoms with Gasteiger partial charge in [-0.05, 0) is 50.8 Å². The Balaban J connectivity index is 1.13. The van der Waals surface area contributed by atoms with Gasteiger partial charge < -0.3 is 30.0 Å². The summed E-state index contributed by atoms with van der Waals surface area (Å²) in [6.45, 7) is 4.83. The first-order valence-electron chi connectivity index (χ1n) is 14.0. The van der Waals surface area contributed by atoms with Crippen molar-refractivity contribution in [3.63, 3.8) is 0 Å². The van der Waals surface area contributed by atoms with Gasteiger partial charge in [-0.1, -0.05) is 48.5 Å². The van der Waals surface area contributed by atoms with Crippen LogP contribution < -0.4 is 25.0 Å². The molecule has 9 heteroatoms. The highest BCUT2D eigenvalue weighted by molar-refractivity contribution is 5.96. The highest BCUT2D eigenvalue weighted by atomic mass is 16.6. The number of ether oxygens (including phenoxy) is 3. The predicted octanol–water partition coefficient (Wildman–Crippen LogP) is 5.03. The third-order valence-corrected chi connectivity index (χ3v) is 8.06. The van der Waals surface area contributed by atoms with Gasteiger partial charge in [0.15, 0.2) is 6.61 Å². The Bertz CT molecular complexity index is 1450. The third-order valence-electron chi connectivity index (χ3n) is 8.06. The Morgan fingerprint density at radius 1 is 1.07 bits per heavy atom. The number of hydrogen-bond donors (Lipinski definition) is 3. The molecule has 2 heterocycles. The molecule has 2 aliphatic heterocycles. The van der Waals surface area contributed by atoms with E-state index < -0.39 is 11.7 Å². The van der Waals surface area contributed by atoms with Crippen molar-refractivity contribution in [1.29, 1.82) is 0 Å². The lowest BCUT2D eigenvalue weighted by Gasteiger charge is -2.39. The lowest BCUT2D eigenvalue weighted by atomic mass is 9.94. The summed E-state index contributed by atoms with van der Waals surface area (Å²) >= 11 is 0. The van der Waals surface area contributed by atoms with Crippen LogP contribution in [0.15, 0.2) is 66.7 Å². The molecule has 1 saturated carbocycles. The molecule has 0 radical (unpaired) electrons. The maximum atomic E-state index is 12.9. The van der Waals surface area contributed by atoms with Crippen LogP contribution >= 0.6 is 0 Å². The maximum Gasteiger partial charge on any atom is 0.415 e. The highest BCUT2D eigenvalue weighted by Crippen LogP contribution is 2.44.